The van der Waals surface area contributed by atoms with Crippen LogP contribution in [0.2, 0.25) is 0 Å². The van der Waals surface area contributed by atoms with Crippen LogP contribution in [0.1, 0.15) is 36.1 Å². The van der Waals surface area contributed by atoms with Crippen molar-refractivity contribution in [2.75, 3.05) is 13.7 Å². The van der Waals surface area contributed by atoms with Crippen LogP contribution in [-0.4, -0.2) is 24.6 Å². The summed E-state index contributed by atoms with van der Waals surface area (Å²) in [5, 5.41) is 0. The van der Waals surface area contributed by atoms with Crippen molar-refractivity contribution in [3.8, 4) is 0 Å². The fourth-order valence-corrected chi connectivity index (χ4v) is 2.67. The number of carbonyl (C=O) groups excluding carboxylic acids is 1. The van der Waals surface area contributed by atoms with E-state index < -0.39 is 0 Å². The zero-order valence-corrected chi connectivity index (χ0v) is 11.0. The van der Waals surface area contributed by atoms with Crippen molar-refractivity contribution in [3.63, 3.8) is 0 Å². The lowest BCUT2D eigenvalue weighted by Crippen LogP contribution is -2.39. The first-order valence-electron chi connectivity index (χ1n) is 6.37. The number of amides is 1. The standard InChI is InChI=1S/C14H20N2O2/c1-3-13-12-5-4-10(9-15)8-11(12)6-7-16(13)14(17)18-2/h4-5,8,13H,3,6-7,9,15H2,1-2H3. The van der Waals surface area contributed by atoms with E-state index in [1.807, 2.05) is 11.0 Å². The van der Waals surface area contributed by atoms with Gasteiger partial charge in [0.2, 0.25) is 0 Å². The number of benzene rings is 1. The van der Waals surface area contributed by atoms with E-state index in [0.717, 1.165) is 18.4 Å². The number of hydrogen-bond acceptors (Lipinski definition) is 3. The third-order valence-electron chi connectivity index (χ3n) is 3.60. The van der Waals surface area contributed by atoms with Crippen molar-refractivity contribution in [3.05, 3.63) is 34.9 Å². The van der Waals surface area contributed by atoms with Gasteiger partial charge in [-0.15, -0.1) is 0 Å². The van der Waals surface area contributed by atoms with Gasteiger partial charge in [0.1, 0.15) is 0 Å². The summed E-state index contributed by atoms with van der Waals surface area (Å²) in [7, 11) is 1.43. The second-order valence-electron chi connectivity index (χ2n) is 4.57. The van der Waals surface area contributed by atoms with E-state index in [2.05, 4.69) is 19.1 Å². The van der Waals surface area contributed by atoms with Gasteiger partial charge in [0, 0.05) is 13.1 Å². The predicted octanol–water partition coefficient (Wildman–Crippen LogP) is 2.22. The largest absolute Gasteiger partial charge is 0.453 e. The highest BCUT2D eigenvalue weighted by Gasteiger charge is 2.30. The number of carbonyl (C=O) groups is 1. The summed E-state index contributed by atoms with van der Waals surface area (Å²) in [6.07, 6.45) is 1.52. The zero-order chi connectivity index (χ0) is 13.1. The molecule has 18 heavy (non-hydrogen) atoms. The average molecular weight is 248 g/mol. The highest BCUT2D eigenvalue weighted by molar-refractivity contribution is 5.69. The Labute approximate surface area is 108 Å². The molecular weight excluding hydrogens is 228 g/mol. The lowest BCUT2D eigenvalue weighted by molar-refractivity contribution is 0.0995. The van der Waals surface area contributed by atoms with Gasteiger partial charge in [0.15, 0.2) is 0 Å². The highest BCUT2D eigenvalue weighted by Crippen LogP contribution is 2.32. The molecule has 0 spiro atoms. The van der Waals surface area contributed by atoms with Gasteiger partial charge in [-0.3, -0.25) is 0 Å². The Bertz CT molecular complexity index is 445. The second kappa shape index (κ2) is 5.40. The molecule has 2 N–H and O–H groups in total. The van der Waals surface area contributed by atoms with Crippen LogP contribution in [0.3, 0.4) is 0 Å². The Balaban J connectivity index is 2.34. The van der Waals surface area contributed by atoms with E-state index in [4.69, 9.17) is 10.5 Å². The summed E-state index contributed by atoms with van der Waals surface area (Å²) in [5.74, 6) is 0. The topological polar surface area (TPSA) is 55.6 Å². The Hall–Kier alpha value is -1.55. The molecular formula is C14H20N2O2. The van der Waals surface area contributed by atoms with E-state index in [1.54, 1.807) is 0 Å². The van der Waals surface area contributed by atoms with Crippen LogP contribution in [0.25, 0.3) is 0 Å². The van der Waals surface area contributed by atoms with E-state index >= 15 is 0 Å². The minimum absolute atomic E-state index is 0.119. The van der Waals surface area contributed by atoms with E-state index in [-0.39, 0.29) is 12.1 Å². The minimum atomic E-state index is -0.240. The molecule has 1 aromatic rings. The van der Waals surface area contributed by atoms with Crippen LogP contribution in [0.5, 0.6) is 0 Å². The average Bonchev–Trinajstić information content (AvgIpc) is 2.44. The molecule has 0 aliphatic carbocycles. The van der Waals surface area contributed by atoms with Gasteiger partial charge >= 0.3 is 6.09 Å². The van der Waals surface area contributed by atoms with Crippen LogP contribution < -0.4 is 5.73 Å². The first kappa shape index (κ1) is 12.9. The molecule has 1 unspecified atom stereocenters. The summed E-state index contributed by atoms with van der Waals surface area (Å²) < 4.78 is 4.85. The second-order valence-corrected chi connectivity index (χ2v) is 4.57. The summed E-state index contributed by atoms with van der Waals surface area (Å²) in [6.45, 7) is 3.36. The molecule has 4 heteroatoms. The van der Waals surface area contributed by atoms with Gasteiger partial charge in [0.25, 0.3) is 0 Å². The molecule has 0 radical (unpaired) electrons. The van der Waals surface area contributed by atoms with E-state index in [0.29, 0.717) is 13.1 Å². The number of methoxy groups -OCH3 is 1. The smallest absolute Gasteiger partial charge is 0.410 e. The molecule has 1 heterocycles. The third-order valence-corrected chi connectivity index (χ3v) is 3.60. The molecule has 98 valence electrons. The van der Waals surface area contributed by atoms with Crippen molar-refractivity contribution < 1.29 is 9.53 Å². The number of ether oxygens (including phenoxy) is 1. The van der Waals surface area contributed by atoms with Crippen LogP contribution >= 0.6 is 0 Å². The molecule has 4 nitrogen and oxygen atoms in total. The molecule has 0 aromatic heterocycles. The van der Waals surface area contributed by atoms with Crippen molar-refractivity contribution in [2.24, 2.45) is 5.73 Å². The number of rotatable bonds is 2. The monoisotopic (exact) mass is 248 g/mol. The first-order valence-corrected chi connectivity index (χ1v) is 6.37. The summed E-state index contributed by atoms with van der Waals surface area (Å²) >= 11 is 0. The molecule has 1 aliphatic heterocycles. The quantitative estimate of drug-likeness (QED) is 0.873. The number of fused-ring (bicyclic) bond motifs is 1. The number of nitrogens with zero attached hydrogens (tertiary/aromatic N) is 1. The molecule has 1 amide bonds. The fourth-order valence-electron chi connectivity index (χ4n) is 2.67. The first-order chi connectivity index (χ1) is 8.71. The SMILES string of the molecule is CCC1c2ccc(CN)cc2CCN1C(=O)OC. The maximum Gasteiger partial charge on any atom is 0.410 e. The van der Waals surface area contributed by atoms with Gasteiger partial charge in [-0.2, -0.15) is 0 Å². The van der Waals surface area contributed by atoms with Crippen molar-refractivity contribution >= 4 is 6.09 Å². The van der Waals surface area contributed by atoms with Gasteiger partial charge in [-0.05, 0) is 29.5 Å². The Morgan fingerprint density at radius 2 is 2.33 bits per heavy atom. The predicted molar refractivity (Wildman–Crippen MR) is 70.2 cm³/mol. The molecule has 0 saturated carbocycles. The fraction of sp³-hybridized carbons (Fsp3) is 0.500. The van der Waals surface area contributed by atoms with Gasteiger partial charge in [-0.1, -0.05) is 25.1 Å². The van der Waals surface area contributed by atoms with Crippen LogP contribution in [0.15, 0.2) is 18.2 Å². The molecule has 1 aromatic carbocycles. The minimum Gasteiger partial charge on any atom is -0.453 e. The molecule has 0 saturated heterocycles. The van der Waals surface area contributed by atoms with Crippen LogP contribution in [0, 0.1) is 0 Å². The van der Waals surface area contributed by atoms with E-state index in [1.165, 1.54) is 18.2 Å². The molecule has 0 bridgehead atoms. The Morgan fingerprint density at radius 1 is 1.56 bits per heavy atom. The Morgan fingerprint density at radius 3 is 2.94 bits per heavy atom. The lowest BCUT2D eigenvalue weighted by Gasteiger charge is -2.36. The zero-order valence-electron chi connectivity index (χ0n) is 11.0. The summed E-state index contributed by atoms with van der Waals surface area (Å²) in [4.78, 5) is 13.6. The molecule has 2 rings (SSSR count). The third kappa shape index (κ3) is 2.20. The summed E-state index contributed by atoms with van der Waals surface area (Å²) in [6, 6.07) is 6.42. The van der Waals surface area contributed by atoms with Gasteiger partial charge in [0.05, 0.1) is 13.2 Å². The van der Waals surface area contributed by atoms with Crippen LogP contribution in [0.4, 0.5) is 4.79 Å². The Kier molecular flexibility index (Phi) is 3.87. The maximum atomic E-state index is 11.8. The molecule has 0 fully saturated rings. The number of hydrogen-bond donors (Lipinski definition) is 1. The van der Waals surface area contributed by atoms with Gasteiger partial charge < -0.3 is 15.4 Å². The molecule has 1 atom stereocenters. The summed E-state index contributed by atoms with van der Waals surface area (Å²) in [5.41, 5.74) is 9.35. The van der Waals surface area contributed by atoms with Crippen molar-refractivity contribution in [2.45, 2.75) is 32.4 Å². The normalized spacial score (nSPS) is 18.4. The lowest BCUT2D eigenvalue weighted by atomic mass is 9.90. The van der Waals surface area contributed by atoms with E-state index in [9.17, 15) is 4.79 Å². The maximum absolute atomic E-state index is 11.8. The highest BCUT2D eigenvalue weighted by atomic mass is 16.5. The molecule has 1 aliphatic rings. The van der Waals surface area contributed by atoms with Crippen molar-refractivity contribution in [1.29, 1.82) is 0 Å². The van der Waals surface area contributed by atoms with Gasteiger partial charge in [-0.25, -0.2) is 4.79 Å². The van der Waals surface area contributed by atoms with Crippen LogP contribution in [-0.2, 0) is 17.7 Å². The number of nitrogens with two attached hydrogens (primary N) is 1. The van der Waals surface area contributed by atoms with Crippen molar-refractivity contribution in [1.82, 2.24) is 4.90 Å².